The van der Waals surface area contributed by atoms with Crippen molar-refractivity contribution in [1.29, 1.82) is 0 Å². The fourth-order valence-electron chi connectivity index (χ4n) is 4.85. The van der Waals surface area contributed by atoms with E-state index in [2.05, 4.69) is 98.2 Å². The molecule has 2 aliphatic carbocycles. The van der Waals surface area contributed by atoms with Crippen LogP contribution >= 0.6 is 24.8 Å². The van der Waals surface area contributed by atoms with Crippen LogP contribution in [0.5, 0.6) is 0 Å². The maximum absolute atomic E-state index is 3.22. The van der Waals surface area contributed by atoms with Crippen molar-refractivity contribution in [3.8, 4) is 0 Å². The third kappa shape index (κ3) is 2.98. The van der Waals surface area contributed by atoms with Gasteiger partial charge in [-0.15, -0.1) is 24.8 Å². The predicted molar refractivity (Wildman–Crippen MR) is 120 cm³/mol. The summed E-state index contributed by atoms with van der Waals surface area (Å²) in [5, 5.41) is 0. The molecule has 0 aromatic heterocycles. The van der Waals surface area contributed by atoms with Crippen molar-refractivity contribution < 1.29 is 17.4 Å². The Morgan fingerprint density at radius 1 is 0.769 bits per heavy atom. The van der Waals surface area contributed by atoms with E-state index in [1.807, 2.05) is 0 Å². The van der Waals surface area contributed by atoms with Crippen LogP contribution in [0.2, 0.25) is 8.26 Å². The van der Waals surface area contributed by atoms with Crippen LogP contribution in [0.1, 0.15) is 43.4 Å². The molecule has 138 valence electrons. The molecular formula is C22H28Cl2SiZr. The minimum atomic E-state index is -3.22. The van der Waals surface area contributed by atoms with Gasteiger partial charge in [-0.25, -0.2) is 0 Å². The van der Waals surface area contributed by atoms with Crippen molar-refractivity contribution in [2.45, 2.75) is 29.4 Å². The molecule has 2 aromatic carbocycles. The van der Waals surface area contributed by atoms with Crippen molar-refractivity contribution in [2.24, 2.45) is 0 Å². The molecule has 2 unspecified atom stereocenters. The average Bonchev–Trinajstić information content (AvgIpc) is 3.20. The molecule has 0 amide bonds. The Morgan fingerprint density at radius 2 is 1.15 bits per heavy atom. The third-order valence-corrected chi connectivity index (χ3v) is 36.4. The van der Waals surface area contributed by atoms with Crippen LogP contribution in [0.15, 0.2) is 60.7 Å². The van der Waals surface area contributed by atoms with E-state index in [9.17, 15) is 0 Å². The maximum atomic E-state index is 2.72. The Kier molecular flexibility index (Phi) is 6.36. The van der Waals surface area contributed by atoms with E-state index in [0.717, 1.165) is 3.63 Å². The first-order valence-electron chi connectivity index (χ1n) is 9.02. The molecule has 0 N–H and O–H groups in total. The molecule has 0 heterocycles. The van der Waals surface area contributed by atoms with E-state index < -0.39 is 17.4 Å². The summed E-state index contributed by atoms with van der Waals surface area (Å²) in [4.78, 5) is 0. The SMILES string of the molecule is C[CH](C)[Zr]([CH3])(=[SiH2])([CH]1C=Cc2ccccc21)[CH]1C=Cc2ccccc21.Cl.Cl. The normalized spacial score (nSPS) is 20.3. The largest absolute Gasteiger partial charge is 0.147 e. The molecule has 2 aromatic rings. The maximum Gasteiger partial charge on any atom is -0.147 e. The number of hydrogen-bond donors (Lipinski definition) is 0. The van der Waals surface area contributed by atoms with Crippen LogP contribution in [0.4, 0.5) is 0 Å². The number of fused-ring (bicyclic) bond motifs is 2. The predicted octanol–water partition coefficient (Wildman–Crippen LogP) is 6.48. The number of hydrogen-bond acceptors (Lipinski definition) is 0. The molecule has 0 radical (unpaired) electrons. The summed E-state index contributed by atoms with van der Waals surface area (Å²) in [5.74, 6) is 0. The van der Waals surface area contributed by atoms with Crippen LogP contribution in [0.25, 0.3) is 12.2 Å². The minimum Gasteiger partial charge on any atom is -0.147 e. The summed E-state index contributed by atoms with van der Waals surface area (Å²) in [6.07, 6.45) is 9.82. The summed E-state index contributed by atoms with van der Waals surface area (Å²) in [5.41, 5.74) is 6.03. The zero-order valence-corrected chi connectivity index (χ0v) is 21.2. The zero-order chi connectivity index (χ0) is 17.0. The Morgan fingerprint density at radius 3 is 1.54 bits per heavy atom. The van der Waals surface area contributed by atoms with E-state index >= 15 is 0 Å². The second kappa shape index (κ2) is 7.55. The molecule has 0 nitrogen and oxygen atoms in total. The second-order valence-corrected chi connectivity index (χ2v) is 37.2. The van der Waals surface area contributed by atoms with Crippen molar-refractivity contribution in [3.63, 3.8) is 0 Å². The van der Waals surface area contributed by atoms with E-state index in [-0.39, 0.29) is 24.8 Å². The molecular weight excluding hydrogens is 454 g/mol. The van der Waals surface area contributed by atoms with Gasteiger partial charge in [-0.05, 0) is 0 Å². The van der Waals surface area contributed by atoms with Crippen LogP contribution in [0, 0.1) is 0 Å². The van der Waals surface area contributed by atoms with Gasteiger partial charge in [0, 0.05) is 0 Å². The molecule has 0 fully saturated rings. The number of benzene rings is 2. The van der Waals surface area contributed by atoms with E-state index in [4.69, 9.17) is 0 Å². The first-order chi connectivity index (χ1) is 11.4. The van der Waals surface area contributed by atoms with Gasteiger partial charge in [-0.3, -0.25) is 0 Å². The fourth-order valence-corrected chi connectivity index (χ4v) is 22.4. The second-order valence-electron chi connectivity index (χ2n) is 8.42. The standard InChI is InChI=1S/2C9H7.C3H7.CH3.2ClH.H2Si.Zr/c2*1-2-5-9-7-3-6-8(9)4-1;1-3-2;;;;;/h2*1-7H;3H,1-2H3;1H3;2*1H;1H2;. The Balaban J connectivity index is 0.00000121. The smallest absolute Gasteiger partial charge is 0.147 e. The van der Waals surface area contributed by atoms with Gasteiger partial charge >= 0.3 is 149 Å². The molecule has 4 heteroatoms. The van der Waals surface area contributed by atoms with Gasteiger partial charge in [0.15, 0.2) is 0 Å². The summed E-state index contributed by atoms with van der Waals surface area (Å²) in [6.45, 7) is 7.41. The number of allylic oxidation sites excluding steroid dienone is 2. The summed E-state index contributed by atoms with van der Waals surface area (Å²) >= 11 is -3.22. The number of halogens is 2. The number of rotatable bonds is 3. The van der Waals surface area contributed by atoms with Crippen LogP contribution < -0.4 is 0 Å². The van der Waals surface area contributed by atoms with Gasteiger partial charge < -0.3 is 0 Å². The summed E-state index contributed by atoms with van der Waals surface area (Å²) in [7, 11) is 0. The minimum absolute atomic E-state index is 0. The molecule has 0 spiro atoms. The first kappa shape index (κ1) is 21.9. The molecule has 0 bridgehead atoms. The molecule has 2 atom stereocenters. The third-order valence-electron chi connectivity index (χ3n) is 7.03. The first-order valence-corrected chi connectivity index (χ1v) is 21.7. The molecule has 0 aliphatic heterocycles. The van der Waals surface area contributed by atoms with E-state index in [1.54, 1.807) is 11.1 Å². The Labute approximate surface area is 172 Å². The van der Waals surface area contributed by atoms with Crippen molar-refractivity contribution in [2.75, 3.05) is 0 Å². The van der Waals surface area contributed by atoms with Gasteiger partial charge in [0.1, 0.15) is 0 Å². The van der Waals surface area contributed by atoms with Crippen molar-refractivity contribution >= 4 is 43.8 Å². The monoisotopic (exact) mass is 480 g/mol. The van der Waals surface area contributed by atoms with Gasteiger partial charge in [-0.1, -0.05) is 0 Å². The molecule has 2 aliphatic rings. The van der Waals surface area contributed by atoms with Gasteiger partial charge in [0.2, 0.25) is 0 Å². The zero-order valence-electron chi connectivity index (χ0n) is 15.7. The van der Waals surface area contributed by atoms with E-state index in [1.165, 1.54) is 11.1 Å². The topological polar surface area (TPSA) is 0 Å². The van der Waals surface area contributed by atoms with Crippen LogP contribution in [-0.2, 0) is 17.4 Å². The quantitative estimate of drug-likeness (QED) is 0.439. The van der Waals surface area contributed by atoms with Gasteiger partial charge in [0.05, 0.1) is 0 Å². The molecule has 0 saturated carbocycles. The van der Waals surface area contributed by atoms with E-state index in [0.29, 0.717) is 7.25 Å². The fraction of sp³-hybridized carbons (Fsp3) is 0.273. The summed E-state index contributed by atoms with van der Waals surface area (Å²) in [6, 6.07) is 18.1. The summed E-state index contributed by atoms with van der Waals surface area (Å²) < 4.78 is 4.76. The Bertz CT molecular complexity index is 877. The van der Waals surface area contributed by atoms with Crippen molar-refractivity contribution in [1.82, 2.24) is 0 Å². The molecule has 26 heavy (non-hydrogen) atoms. The van der Waals surface area contributed by atoms with Crippen LogP contribution in [0.3, 0.4) is 0 Å². The van der Waals surface area contributed by atoms with Crippen LogP contribution in [-0.4, -0.2) is 6.88 Å². The van der Waals surface area contributed by atoms with Crippen molar-refractivity contribution in [3.05, 3.63) is 82.9 Å². The molecule has 4 rings (SSSR count). The Hall–Kier alpha value is -0.400. The van der Waals surface area contributed by atoms with Gasteiger partial charge in [0.25, 0.3) is 0 Å². The average molecular weight is 483 g/mol. The van der Waals surface area contributed by atoms with Gasteiger partial charge in [-0.2, -0.15) is 0 Å². The molecule has 0 saturated heterocycles.